The Morgan fingerprint density at radius 1 is 1.26 bits per heavy atom. The van der Waals surface area contributed by atoms with Gasteiger partial charge in [0.15, 0.2) is 6.61 Å². The van der Waals surface area contributed by atoms with Crippen molar-refractivity contribution in [2.24, 2.45) is 5.73 Å². The van der Waals surface area contributed by atoms with Crippen molar-refractivity contribution in [3.63, 3.8) is 0 Å². The highest BCUT2D eigenvalue weighted by molar-refractivity contribution is 5.84. The maximum absolute atomic E-state index is 12.0. The van der Waals surface area contributed by atoms with Crippen LogP contribution in [0, 0.1) is 0 Å². The molecule has 2 rings (SSSR count). The lowest BCUT2D eigenvalue weighted by Gasteiger charge is -2.21. The van der Waals surface area contributed by atoms with E-state index in [4.69, 9.17) is 15.2 Å². The van der Waals surface area contributed by atoms with Crippen LogP contribution in [0.15, 0.2) is 24.3 Å². The van der Waals surface area contributed by atoms with Gasteiger partial charge in [0, 0.05) is 13.5 Å². The van der Waals surface area contributed by atoms with E-state index >= 15 is 0 Å². The van der Waals surface area contributed by atoms with Gasteiger partial charge in [0.2, 0.25) is 0 Å². The highest BCUT2D eigenvalue weighted by Gasteiger charge is 2.37. The number of hydrogen-bond acceptors (Lipinski definition) is 8. The summed E-state index contributed by atoms with van der Waals surface area (Å²) in [6.45, 7) is 1.83. The topological polar surface area (TPSA) is 160 Å². The van der Waals surface area contributed by atoms with Crippen molar-refractivity contribution in [2.45, 2.75) is 56.9 Å². The highest BCUT2D eigenvalue weighted by atomic mass is 16.6. The van der Waals surface area contributed by atoms with Crippen LogP contribution in [0.5, 0.6) is 5.75 Å². The van der Waals surface area contributed by atoms with Gasteiger partial charge in [-0.25, -0.2) is 4.79 Å². The molecule has 0 unspecified atom stereocenters. The molecule has 1 heterocycles. The van der Waals surface area contributed by atoms with Crippen LogP contribution in [0.1, 0.15) is 31.7 Å². The Bertz CT molecular complexity index is 741. The molecule has 1 aromatic carbocycles. The lowest BCUT2D eigenvalue weighted by atomic mass is 10.0. The number of β-amino-alcohol motifs (C(OH)–C–C–N with tert-alkyl or cyclic N) is 1. The van der Waals surface area contributed by atoms with Gasteiger partial charge in [0.05, 0.1) is 6.04 Å². The molecule has 0 aliphatic carbocycles. The summed E-state index contributed by atoms with van der Waals surface area (Å²) in [4.78, 5) is 34.5. The Morgan fingerprint density at radius 2 is 1.97 bits per heavy atom. The van der Waals surface area contributed by atoms with Crippen molar-refractivity contribution in [3.05, 3.63) is 29.8 Å². The van der Waals surface area contributed by atoms with Crippen LogP contribution in [-0.2, 0) is 25.5 Å². The molecule has 1 amide bonds. The Labute approximate surface area is 181 Å². The van der Waals surface area contributed by atoms with Crippen molar-refractivity contribution in [1.29, 1.82) is 0 Å². The lowest BCUT2D eigenvalue weighted by molar-refractivity contribution is -0.151. The predicted octanol–water partition coefficient (Wildman–Crippen LogP) is -0.429. The monoisotopic (exact) mass is 437 g/mol. The fraction of sp³-hybridized carbons (Fsp3) is 0.571. The smallest absolute Gasteiger partial charge is 0.326 e. The first-order chi connectivity index (χ1) is 14.8. The summed E-state index contributed by atoms with van der Waals surface area (Å²) in [5.41, 5.74) is 6.34. The van der Waals surface area contributed by atoms with E-state index in [0.29, 0.717) is 44.5 Å². The van der Waals surface area contributed by atoms with E-state index in [0.717, 1.165) is 5.56 Å². The minimum Gasteiger partial charge on any atom is -0.484 e. The molecule has 1 saturated heterocycles. The Balaban J connectivity index is 1.82. The molecule has 10 nitrogen and oxygen atoms in total. The number of rotatable bonds is 12. The van der Waals surface area contributed by atoms with Gasteiger partial charge in [0.25, 0.3) is 5.91 Å². The van der Waals surface area contributed by atoms with E-state index < -0.39 is 36.1 Å². The van der Waals surface area contributed by atoms with Crippen LogP contribution in [0.2, 0.25) is 0 Å². The van der Waals surface area contributed by atoms with Gasteiger partial charge in [-0.3, -0.25) is 9.59 Å². The van der Waals surface area contributed by atoms with E-state index in [-0.39, 0.29) is 12.6 Å². The molecule has 10 heteroatoms. The van der Waals surface area contributed by atoms with Crippen molar-refractivity contribution in [3.8, 4) is 5.75 Å². The number of aliphatic hydroxyl groups excluding tert-OH is 1. The average Bonchev–Trinajstić information content (AvgIpc) is 3.05. The summed E-state index contributed by atoms with van der Waals surface area (Å²) in [6, 6.07) is 5.86. The largest absolute Gasteiger partial charge is 0.484 e. The van der Waals surface area contributed by atoms with Gasteiger partial charge >= 0.3 is 11.9 Å². The minimum atomic E-state index is -1.09. The van der Waals surface area contributed by atoms with Crippen molar-refractivity contribution in [1.82, 2.24) is 10.6 Å². The summed E-state index contributed by atoms with van der Waals surface area (Å²) in [7, 11) is 0. The molecule has 0 bridgehead atoms. The fourth-order valence-electron chi connectivity index (χ4n) is 3.42. The quantitative estimate of drug-likeness (QED) is 0.216. The van der Waals surface area contributed by atoms with Gasteiger partial charge in [-0.05, 0) is 49.9 Å². The second kappa shape index (κ2) is 12.2. The third-order valence-electron chi connectivity index (χ3n) is 5.00. The van der Waals surface area contributed by atoms with E-state index in [1.165, 1.54) is 6.92 Å². The molecule has 0 saturated carbocycles. The first kappa shape index (κ1) is 24.6. The lowest BCUT2D eigenvalue weighted by Crippen LogP contribution is -2.43. The maximum atomic E-state index is 12.0. The summed E-state index contributed by atoms with van der Waals surface area (Å²) < 4.78 is 10.6. The first-order valence-corrected chi connectivity index (χ1v) is 10.3. The van der Waals surface area contributed by atoms with Crippen LogP contribution in [0.25, 0.3) is 0 Å². The van der Waals surface area contributed by atoms with E-state index in [2.05, 4.69) is 10.6 Å². The molecule has 1 fully saturated rings. The van der Waals surface area contributed by atoms with Crippen molar-refractivity contribution in [2.75, 3.05) is 19.7 Å². The van der Waals surface area contributed by atoms with Gasteiger partial charge < -0.3 is 36.1 Å². The SMILES string of the molecule is CC(=O)O[C@@H]1[C@@H](O)CN[C@@H]1Cc1ccc(OCC(=O)N[C@@H](CCCCN)C(=O)O)cc1. The van der Waals surface area contributed by atoms with Gasteiger partial charge in [-0.15, -0.1) is 0 Å². The number of carboxylic acids is 1. The number of carbonyl (C=O) groups excluding carboxylic acids is 2. The molecule has 0 spiro atoms. The zero-order valence-electron chi connectivity index (χ0n) is 17.6. The highest BCUT2D eigenvalue weighted by Crippen LogP contribution is 2.19. The molecule has 31 heavy (non-hydrogen) atoms. The number of unbranched alkanes of at least 4 members (excludes halogenated alkanes) is 1. The number of carboxylic acid groups (broad SMARTS) is 1. The number of aliphatic hydroxyl groups is 1. The Kier molecular flexibility index (Phi) is 9.70. The van der Waals surface area contributed by atoms with Gasteiger partial charge in [0.1, 0.15) is 24.0 Å². The number of ether oxygens (including phenoxy) is 2. The van der Waals surface area contributed by atoms with Crippen LogP contribution in [0.3, 0.4) is 0 Å². The summed E-state index contributed by atoms with van der Waals surface area (Å²) in [6.07, 6.45) is 0.800. The zero-order valence-corrected chi connectivity index (χ0v) is 17.6. The van der Waals surface area contributed by atoms with Gasteiger partial charge in [-0.2, -0.15) is 0 Å². The van der Waals surface area contributed by atoms with Crippen LogP contribution >= 0.6 is 0 Å². The van der Waals surface area contributed by atoms with E-state index in [1.807, 2.05) is 12.1 Å². The van der Waals surface area contributed by atoms with Crippen LogP contribution in [0.4, 0.5) is 0 Å². The van der Waals surface area contributed by atoms with E-state index in [9.17, 15) is 24.6 Å². The molecule has 6 N–H and O–H groups in total. The van der Waals surface area contributed by atoms with Crippen molar-refractivity contribution < 1.29 is 34.1 Å². The molecule has 172 valence electrons. The number of nitrogens with one attached hydrogen (secondary N) is 2. The summed E-state index contributed by atoms with van der Waals surface area (Å²) in [5, 5.41) is 24.8. The third-order valence-corrected chi connectivity index (χ3v) is 5.00. The molecule has 0 aromatic heterocycles. The van der Waals surface area contributed by atoms with Gasteiger partial charge in [-0.1, -0.05) is 12.1 Å². The molecular weight excluding hydrogens is 406 g/mol. The second-order valence-electron chi connectivity index (χ2n) is 7.54. The zero-order chi connectivity index (χ0) is 22.8. The predicted molar refractivity (Wildman–Crippen MR) is 111 cm³/mol. The number of carbonyl (C=O) groups is 3. The molecule has 4 atom stereocenters. The Morgan fingerprint density at radius 3 is 2.58 bits per heavy atom. The van der Waals surface area contributed by atoms with E-state index in [1.54, 1.807) is 12.1 Å². The number of nitrogens with two attached hydrogens (primary N) is 1. The molecule has 1 aliphatic heterocycles. The molecule has 1 aromatic rings. The normalized spacial score (nSPS) is 21.3. The number of esters is 1. The molecule has 1 aliphatic rings. The maximum Gasteiger partial charge on any atom is 0.326 e. The Hall–Kier alpha value is -2.69. The van der Waals surface area contributed by atoms with Crippen LogP contribution < -0.4 is 21.1 Å². The standard InChI is InChI=1S/C21H31N3O7/c1-13(25)31-20-17(23-11-18(20)26)10-14-5-7-15(8-6-14)30-12-19(27)24-16(21(28)29)4-2-3-9-22/h5-8,16-18,20,23,26H,2-4,9-12,22H2,1H3,(H,24,27)(H,28,29)/t16-,17+,18-,20-/m0/s1. The summed E-state index contributed by atoms with van der Waals surface area (Å²) in [5.74, 6) is -1.58. The molecular formula is C21H31N3O7. The van der Waals surface area contributed by atoms with Crippen molar-refractivity contribution >= 4 is 17.8 Å². The minimum absolute atomic E-state index is 0.205. The molecule has 0 radical (unpaired) electrons. The summed E-state index contributed by atoms with van der Waals surface area (Å²) >= 11 is 0. The number of amides is 1. The fourth-order valence-corrected chi connectivity index (χ4v) is 3.42. The first-order valence-electron chi connectivity index (χ1n) is 10.3. The average molecular weight is 437 g/mol. The number of hydrogen-bond donors (Lipinski definition) is 5. The number of aliphatic carboxylic acids is 1. The third kappa shape index (κ3) is 8.16. The second-order valence-corrected chi connectivity index (χ2v) is 7.54. The number of benzene rings is 1. The van der Waals surface area contributed by atoms with Crippen LogP contribution in [-0.4, -0.2) is 72.0 Å².